The molecule has 0 aromatic carbocycles. The van der Waals surface area contributed by atoms with E-state index >= 15 is 0 Å². The largest absolute Gasteiger partial charge is 0.392 e. The van der Waals surface area contributed by atoms with Crippen LogP contribution in [-0.2, 0) is 9.53 Å². The van der Waals surface area contributed by atoms with Gasteiger partial charge >= 0.3 is 0 Å². The van der Waals surface area contributed by atoms with Crippen LogP contribution in [0.2, 0.25) is 0 Å². The molecule has 2 heterocycles. The summed E-state index contributed by atoms with van der Waals surface area (Å²) in [7, 11) is 0. The summed E-state index contributed by atoms with van der Waals surface area (Å²) in [4.78, 5) is 17.1. The Kier molecular flexibility index (Phi) is 6.39. The summed E-state index contributed by atoms with van der Waals surface area (Å²) in [5, 5.41) is 0. The molecule has 0 saturated carbocycles. The lowest BCUT2D eigenvalue weighted by molar-refractivity contribution is -0.133. The molecule has 2 rings (SSSR count). The van der Waals surface area contributed by atoms with Crippen LogP contribution in [0.4, 0.5) is 0 Å². The molecule has 0 aromatic rings. The van der Waals surface area contributed by atoms with Gasteiger partial charge in [-0.2, -0.15) is 0 Å². The van der Waals surface area contributed by atoms with Gasteiger partial charge in [0.2, 0.25) is 5.91 Å². The van der Waals surface area contributed by atoms with Crippen molar-refractivity contribution in [2.75, 3.05) is 32.8 Å². The molecule has 2 fully saturated rings. The van der Waals surface area contributed by atoms with E-state index in [9.17, 15) is 4.79 Å². The number of hydrogen-bond acceptors (Lipinski definition) is 4. The monoisotopic (exact) mass is 313 g/mol. The molecular weight excluding hydrogens is 286 g/mol. The lowest BCUT2D eigenvalue weighted by Gasteiger charge is -2.38. The number of thiocarbonyl (C=S) groups is 1. The minimum atomic E-state index is 0.171. The van der Waals surface area contributed by atoms with Crippen molar-refractivity contribution >= 4 is 23.1 Å². The van der Waals surface area contributed by atoms with Gasteiger partial charge in [0, 0.05) is 39.2 Å². The predicted molar refractivity (Wildman–Crippen MR) is 87.2 cm³/mol. The number of ether oxygens (including phenoxy) is 1. The van der Waals surface area contributed by atoms with Crippen molar-refractivity contribution in [2.24, 2.45) is 5.73 Å². The number of nitrogens with zero attached hydrogens (tertiary/aromatic N) is 2. The second-order valence-corrected chi connectivity index (χ2v) is 6.39. The maximum Gasteiger partial charge on any atom is 0.222 e. The third-order valence-corrected chi connectivity index (χ3v) is 4.80. The van der Waals surface area contributed by atoms with E-state index < -0.39 is 0 Å². The Labute approximate surface area is 132 Å². The first-order chi connectivity index (χ1) is 10.1. The Morgan fingerprint density at radius 2 is 2.10 bits per heavy atom. The molecule has 0 bridgehead atoms. The van der Waals surface area contributed by atoms with E-state index in [1.165, 1.54) is 0 Å². The van der Waals surface area contributed by atoms with E-state index in [0.717, 1.165) is 58.5 Å². The first-order valence-corrected chi connectivity index (χ1v) is 8.45. The van der Waals surface area contributed by atoms with Gasteiger partial charge in [-0.3, -0.25) is 9.69 Å². The summed E-state index contributed by atoms with van der Waals surface area (Å²) < 4.78 is 5.57. The fourth-order valence-electron chi connectivity index (χ4n) is 3.24. The minimum Gasteiger partial charge on any atom is -0.392 e. The van der Waals surface area contributed by atoms with Gasteiger partial charge in [-0.05, 0) is 25.7 Å². The van der Waals surface area contributed by atoms with Gasteiger partial charge < -0.3 is 15.4 Å². The maximum absolute atomic E-state index is 12.2. The SMILES string of the molecule is CCC(C(N)=S)N1CCN(C(=O)CCC2CCCO2)CC1. The number of carbonyl (C=O) groups excluding carboxylic acids is 1. The summed E-state index contributed by atoms with van der Waals surface area (Å²) in [5.41, 5.74) is 5.79. The molecule has 2 unspecified atom stereocenters. The van der Waals surface area contributed by atoms with E-state index in [1.54, 1.807) is 0 Å². The number of nitrogens with two attached hydrogens (primary N) is 1. The zero-order valence-electron chi connectivity index (χ0n) is 12.9. The highest BCUT2D eigenvalue weighted by molar-refractivity contribution is 7.80. The first-order valence-electron chi connectivity index (χ1n) is 8.04. The van der Waals surface area contributed by atoms with Crippen molar-refractivity contribution in [2.45, 2.75) is 51.2 Å². The van der Waals surface area contributed by atoms with Crippen LogP contribution in [0.1, 0.15) is 39.0 Å². The summed E-state index contributed by atoms with van der Waals surface area (Å²) in [6, 6.07) is 0.171. The maximum atomic E-state index is 12.2. The van der Waals surface area contributed by atoms with Crippen molar-refractivity contribution in [3.05, 3.63) is 0 Å². The van der Waals surface area contributed by atoms with Crippen molar-refractivity contribution in [1.29, 1.82) is 0 Å². The number of hydrogen-bond donors (Lipinski definition) is 1. The zero-order valence-corrected chi connectivity index (χ0v) is 13.7. The topological polar surface area (TPSA) is 58.8 Å². The Balaban J connectivity index is 1.72. The molecule has 0 aliphatic carbocycles. The normalized spacial score (nSPS) is 25.0. The summed E-state index contributed by atoms with van der Waals surface area (Å²) in [5.74, 6) is 0.258. The molecule has 120 valence electrons. The first kappa shape index (κ1) is 16.6. The molecule has 6 heteroatoms. The number of amides is 1. The molecule has 5 nitrogen and oxygen atoms in total. The quantitative estimate of drug-likeness (QED) is 0.746. The van der Waals surface area contributed by atoms with Gasteiger partial charge in [0.15, 0.2) is 0 Å². The van der Waals surface area contributed by atoms with Crippen LogP contribution in [0, 0.1) is 0 Å². The molecule has 0 aromatic heterocycles. The van der Waals surface area contributed by atoms with Crippen molar-refractivity contribution in [1.82, 2.24) is 9.80 Å². The van der Waals surface area contributed by atoms with E-state index in [0.29, 0.717) is 17.5 Å². The molecule has 0 spiro atoms. The van der Waals surface area contributed by atoms with Gasteiger partial charge in [0.05, 0.1) is 17.1 Å². The van der Waals surface area contributed by atoms with E-state index in [1.807, 2.05) is 4.90 Å². The van der Waals surface area contributed by atoms with E-state index in [2.05, 4.69) is 11.8 Å². The van der Waals surface area contributed by atoms with Crippen molar-refractivity contribution < 1.29 is 9.53 Å². The van der Waals surface area contributed by atoms with Crippen LogP contribution < -0.4 is 5.73 Å². The molecule has 2 atom stereocenters. The van der Waals surface area contributed by atoms with E-state index in [-0.39, 0.29) is 11.9 Å². The van der Waals surface area contributed by atoms with Gasteiger partial charge in [-0.1, -0.05) is 19.1 Å². The number of carbonyl (C=O) groups is 1. The third-order valence-electron chi connectivity index (χ3n) is 4.53. The van der Waals surface area contributed by atoms with Crippen molar-refractivity contribution in [3.63, 3.8) is 0 Å². The van der Waals surface area contributed by atoms with Crippen LogP contribution in [0.3, 0.4) is 0 Å². The Morgan fingerprint density at radius 3 is 2.62 bits per heavy atom. The molecule has 2 N–H and O–H groups in total. The fraction of sp³-hybridized carbons (Fsp3) is 0.867. The molecule has 0 radical (unpaired) electrons. The molecule has 2 aliphatic rings. The standard InChI is InChI=1S/C15H27N3O2S/c1-2-13(15(16)21)17-7-9-18(10-8-17)14(19)6-5-12-4-3-11-20-12/h12-13H,2-11H2,1H3,(H2,16,21). The second-order valence-electron chi connectivity index (χ2n) is 5.92. The Morgan fingerprint density at radius 1 is 1.38 bits per heavy atom. The average molecular weight is 313 g/mol. The van der Waals surface area contributed by atoms with E-state index in [4.69, 9.17) is 22.7 Å². The molecule has 1 amide bonds. The highest BCUT2D eigenvalue weighted by atomic mass is 32.1. The average Bonchev–Trinajstić information content (AvgIpc) is 2.99. The van der Waals surface area contributed by atoms with Gasteiger partial charge in [-0.25, -0.2) is 0 Å². The molecule has 21 heavy (non-hydrogen) atoms. The fourth-order valence-corrected chi connectivity index (χ4v) is 3.55. The minimum absolute atomic E-state index is 0.171. The van der Waals surface area contributed by atoms with Crippen LogP contribution >= 0.6 is 12.2 Å². The smallest absolute Gasteiger partial charge is 0.222 e. The predicted octanol–water partition coefficient (Wildman–Crippen LogP) is 1.15. The third kappa shape index (κ3) is 4.63. The van der Waals surface area contributed by atoms with Gasteiger partial charge in [0.1, 0.15) is 0 Å². The highest BCUT2D eigenvalue weighted by Crippen LogP contribution is 2.18. The van der Waals surface area contributed by atoms with Crippen LogP contribution in [0.5, 0.6) is 0 Å². The number of piperazine rings is 1. The van der Waals surface area contributed by atoms with Crippen LogP contribution in [-0.4, -0.2) is 65.6 Å². The Bertz CT molecular complexity index is 364. The second kappa shape index (κ2) is 8.06. The molecular formula is C15H27N3O2S. The zero-order chi connectivity index (χ0) is 15.2. The lowest BCUT2D eigenvalue weighted by Crippen LogP contribution is -2.54. The van der Waals surface area contributed by atoms with Gasteiger partial charge in [0.25, 0.3) is 0 Å². The summed E-state index contributed by atoms with van der Waals surface area (Å²) in [6.07, 6.45) is 4.94. The van der Waals surface area contributed by atoms with Crippen LogP contribution in [0.15, 0.2) is 0 Å². The Hall–Kier alpha value is -0.720. The van der Waals surface area contributed by atoms with Crippen molar-refractivity contribution in [3.8, 4) is 0 Å². The summed E-state index contributed by atoms with van der Waals surface area (Å²) >= 11 is 5.12. The lowest BCUT2D eigenvalue weighted by atomic mass is 10.1. The van der Waals surface area contributed by atoms with Crippen LogP contribution in [0.25, 0.3) is 0 Å². The molecule has 2 saturated heterocycles. The van der Waals surface area contributed by atoms with Gasteiger partial charge in [-0.15, -0.1) is 0 Å². The summed E-state index contributed by atoms with van der Waals surface area (Å²) in [6.45, 7) is 6.24. The number of rotatable bonds is 6. The highest BCUT2D eigenvalue weighted by Gasteiger charge is 2.27. The molecule has 2 aliphatic heterocycles.